The molecule has 0 radical (unpaired) electrons. The molecule has 0 fully saturated rings. The van der Waals surface area contributed by atoms with Crippen molar-refractivity contribution in [2.45, 2.75) is 52.3 Å². The lowest BCUT2D eigenvalue weighted by Crippen LogP contribution is -2.41. The number of aryl methyl sites for hydroxylation is 1. The van der Waals surface area contributed by atoms with Gasteiger partial charge in [-0.2, -0.15) is 0 Å². The minimum atomic E-state index is -0.516. The highest BCUT2D eigenvalue weighted by Crippen LogP contribution is 2.15. The number of ether oxygens (including phenoxy) is 1. The van der Waals surface area contributed by atoms with Crippen LogP contribution in [0.4, 0.5) is 4.79 Å². The smallest absolute Gasteiger partial charge is 0.407 e. The van der Waals surface area contributed by atoms with Crippen LogP contribution in [0.5, 0.6) is 0 Å². The molecule has 1 unspecified atom stereocenters. The Morgan fingerprint density at radius 2 is 2.25 bits per heavy atom. The lowest BCUT2D eigenvalue weighted by Gasteiger charge is -2.21. The number of aromatic nitrogens is 2. The molecule has 1 atom stereocenters. The van der Waals surface area contributed by atoms with Crippen molar-refractivity contribution in [1.82, 2.24) is 14.9 Å². The van der Waals surface area contributed by atoms with E-state index in [1.165, 1.54) is 0 Å². The Kier molecular flexibility index (Phi) is 5.83. The van der Waals surface area contributed by atoms with Crippen molar-refractivity contribution in [3.05, 3.63) is 17.2 Å². The number of nitrogens with one attached hydrogen (secondary N) is 1. The molecule has 7 heteroatoms. The molecular weight excluding hydrogens is 280 g/mol. The van der Waals surface area contributed by atoms with E-state index in [0.29, 0.717) is 18.1 Å². The summed E-state index contributed by atoms with van der Waals surface area (Å²) in [5, 5.41) is 3.11. The van der Waals surface area contributed by atoms with E-state index in [-0.39, 0.29) is 6.04 Å². The average Bonchev–Trinajstić information content (AvgIpc) is 2.66. The van der Waals surface area contributed by atoms with Crippen LogP contribution >= 0.6 is 11.6 Å². The number of hydrogen-bond acceptors (Lipinski definition) is 4. The van der Waals surface area contributed by atoms with Crippen LogP contribution < -0.4 is 11.1 Å². The highest BCUT2D eigenvalue weighted by Gasteiger charge is 2.17. The van der Waals surface area contributed by atoms with Crippen molar-refractivity contribution in [2.75, 3.05) is 6.54 Å². The number of rotatable bonds is 5. The van der Waals surface area contributed by atoms with Gasteiger partial charge in [-0.1, -0.05) is 11.6 Å². The first kappa shape index (κ1) is 16.8. The Hall–Kier alpha value is -1.27. The maximum absolute atomic E-state index is 11.5. The maximum atomic E-state index is 11.5. The fraction of sp³-hybridized carbons (Fsp3) is 0.692. The third-order valence-electron chi connectivity index (χ3n) is 2.60. The van der Waals surface area contributed by atoms with Crippen LogP contribution in [0.1, 0.15) is 33.4 Å². The van der Waals surface area contributed by atoms with Crippen molar-refractivity contribution < 1.29 is 9.53 Å². The Morgan fingerprint density at radius 1 is 1.60 bits per heavy atom. The second kappa shape index (κ2) is 6.95. The molecule has 3 N–H and O–H groups in total. The van der Waals surface area contributed by atoms with Gasteiger partial charge in [-0.05, 0) is 27.7 Å². The van der Waals surface area contributed by atoms with Gasteiger partial charge in [0.2, 0.25) is 0 Å². The van der Waals surface area contributed by atoms with E-state index < -0.39 is 11.7 Å². The van der Waals surface area contributed by atoms with E-state index in [4.69, 9.17) is 22.1 Å². The first-order chi connectivity index (χ1) is 9.23. The summed E-state index contributed by atoms with van der Waals surface area (Å²) < 4.78 is 7.08. The van der Waals surface area contributed by atoms with Crippen molar-refractivity contribution >= 4 is 17.7 Å². The topological polar surface area (TPSA) is 82.2 Å². The van der Waals surface area contributed by atoms with Crippen LogP contribution in [0.2, 0.25) is 5.15 Å². The van der Waals surface area contributed by atoms with Crippen molar-refractivity contribution in [3.63, 3.8) is 0 Å². The van der Waals surface area contributed by atoms with E-state index >= 15 is 0 Å². The molecule has 1 rings (SSSR count). The van der Waals surface area contributed by atoms with Gasteiger partial charge in [0, 0.05) is 25.6 Å². The summed E-state index contributed by atoms with van der Waals surface area (Å²) in [6, 6.07) is -0.248. The molecule has 0 aliphatic heterocycles. The fourth-order valence-electron chi connectivity index (χ4n) is 1.71. The zero-order valence-electron chi connectivity index (χ0n) is 12.4. The molecule has 0 bridgehead atoms. The summed E-state index contributed by atoms with van der Waals surface area (Å²) >= 11 is 6.02. The third-order valence-corrected chi connectivity index (χ3v) is 2.91. The number of imidazole rings is 1. The van der Waals surface area contributed by atoms with Crippen LogP contribution in [-0.2, 0) is 17.7 Å². The first-order valence-electron chi connectivity index (χ1n) is 6.65. The largest absolute Gasteiger partial charge is 0.444 e. The van der Waals surface area contributed by atoms with Crippen molar-refractivity contribution in [3.8, 4) is 0 Å². The Labute approximate surface area is 124 Å². The van der Waals surface area contributed by atoms with E-state index in [9.17, 15) is 4.79 Å². The number of nitrogens with two attached hydrogens (primary N) is 1. The Bertz CT molecular complexity index is 454. The monoisotopic (exact) mass is 302 g/mol. The van der Waals surface area contributed by atoms with E-state index in [1.54, 1.807) is 6.33 Å². The van der Waals surface area contributed by atoms with E-state index in [0.717, 1.165) is 12.2 Å². The molecule has 6 nitrogen and oxygen atoms in total. The summed E-state index contributed by atoms with van der Waals surface area (Å²) in [7, 11) is 0. The number of carbonyl (C=O) groups is 1. The lowest BCUT2D eigenvalue weighted by atomic mass is 10.1. The zero-order chi connectivity index (χ0) is 15.3. The number of hydrogen-bond donors (Lipinski definition) is 2. The van der Waals surface area contributed by atoms with E-state index in [2.05, 4.69) is 10.3 Å². The number of alkyl carbamates (subject to hydrolysis) is 1. The van der Waals surface area contributed by atoms with Gasteiger partial charge in [0.25, 0.3) is 0 Å². The summed E-state index contributed by atoms with van der Waals surface area (Å²) in [6.45, 7) is 8.54. The quantitative estimate of drug-likeness (QED) is 0.871. The molecule has 0 spiro atoms. The van der Waals surface area contributed by atoms with Crippen LogP contribution in [-0.4, -0.2) is 33.8 Å². The molecule has 0 aromatic carbocycles. The van der Waals surface area contributed by atoms with Crippen molar-refractivity contribution in [2.24, 2.45) is 5.73 Å². The third kappa shape index (κ3) is 5.38. The minimum Gasteiger partial charge on any atom is -0.444 e. The molecule has 0 saturated heterocycles. The fourth-order valence-corrected chi connectivity index (χ4v) is 1.94. The van der Waals surface area contributed by atoms with Gasteiger partial charge in [0.15, 0.2) is 0 Å². The molecule has 0 aliphatic rings. The van der Waals surface area contributed by atoms with Gasteiger partial charge in [0.05, 0.1) is 12.0 Å². The van der Waals surface area contributed by atoms with Gasteiger partial charge in [-0.3, -0.25) is 0 Å². The van der Waals surface area contributed by atoms with Crippen LogP contribution in [0, 0.1) is 0 Å². The molecule has 0 saturated carbocycles. The number of amides is 1. The lowest BCUT2D eigenvalue weighted by molar-refractivity contribution is 0.0524. The normalized spacial score (nSPS) is 13.1. The summed E-state index contributed by atoms with van der Waals surface area (Å²) in [5.41, 5.74) is 6.37. The predicted octanol–water partition coefficient (Wildman–Crippen LogP) is 1.95. The highest BCUT2D eigenvalue weighted by molar-refractivity contribution is 6.30. The van der Waals surface area contributed by atoms with Gasteiger partial charge in [0.1, 0.15) is 10.8 Å². The average molecular weight is 303 g/mol. The van der Waals surface area contributed by atoms with Gasteiger partial charge in [-0.15, -0.1) is 0 Å². The standard InChI is InChI=1S/C13H23ClN4O2/c1-5-18-8-17-11(14)10(18)6-9(15)7-16-12(19)20-13(2,3)4/h8-9H,5-7,15H2,1-4H3,(H,16,19). The van der Waals surface area contributed by atoms with E-state index in [1.807, 2.05) is 32.3 Å². The molecule has 114 valence electrons. The second-order valence-electron chi connectivity index (χ2n) is 5.62. The molecule has 1 heterocycles. The molecule has 0 aliphatic carbocycles. The summed E-state index contributed by atoms with van der Waals surface area (Å²) in [5.74, 6) is 0. The first-order valence-corrected chi connectivity index (χ1v) is 7.02. The Balaban J connectivity index is 2.46. The molecule has 1 aromatic heterocycles. The maximum Gasteiger partial charge on any atom is 0.407 e. The molecule has 1 amide bonds. The number of halogens is 1. The minimum absolute atomic E-state index is 0.248. The van der Waals surface area contributed by atoms with Gasteiger partial charge < -0.3 is 20.4 Å². The molecule has 1 aromatic rings. The van der Waals surface area contributed by atoms with Crippen molar-refractivity contribution in [1.29, 1.82) is 0 Å². The van der Waals surface area contributed by atoms with Gasteiger partial charge in [-0.25, -0.2) is 9.78 Å². The van der Waals surface area contributed by atoms with Crippen LogP contribution in [0.25, 0.3) is 0 Å². The molecular formula is C13H23ClN4O2. The zero-order valence-corrected chi connectivity index (χ0v) is 13.2. The molecule has 20 heavy (non-hydrogen) atoms. The SMILES string of the molecule is CCn1cnc(Cl)c1CC(N)CNC(=O)OC(C)(C)C. The number of nitrogens with zero attached hydrogens (tertiary/aromatic N) is 2. The predicted molar refractivity (Wildman–Crippen MR) is 78.8 cm³/mol. The summed E-state index contributed by atoms with van der Waals surface area (Å²) in [4.78, 5) is 15.6. The van der Waals surface area contributed by atoms with Gasteiger partial charge >= 0.3 is 6.09 Å². The van der Waals surface area contributed by atoms with Crippen LogP contribution in [0.3, 0.4) is 0 Å². The highest BCUT2D eigenvalue weighted by atomic mass is 35.5. The van der Waals surface area contributed by atoms with Crippen LogP contribution in [0.15, 0.2) is 6.33 Å². The number of carbonyl (C=O) groups excluding carboxylic acids is 1. The summed E-state index contributed by atoms with van der Waals surface area (Å²) in [6.07, 6.45) is 1.76. The second-order valence-corrected chi connectivity index (χ2v) is 5.97. The Morgan fingerprint density at radius 3 is 2.80 bits per heavy atom.